The van der Waals surface area contributed by atoms with Crippen LogP contribution in [0.1, 0.15) is 32.6 Å². The molecule has 0 spiro atoms. The van der Waals surface area contributed by atoms with Gasteiger partial charge in [0.15, 0.2) is 0 Å². The molecule has 2 N–H and O–H groups in total. The van der Waals surface area contributed by atoms with E-state index in [0.717, 1.165) is 38.8 Å². The fourth-order valence-electron chi connectivity index (χ4n) is 2.46. The van der Waals surface area contributed by atoms with Gasteiger partial charge in [-0.1, -0.05) is 6.92 Å². The summed E-state index contributed by atoms with van der Waals surface area (Å²) in [4.78, 5) is 0. The van der Waals surface area contributed by atoms with Crippen molar-refractivity contribution in [2.24, 2.45) is 5.92 Å². The van der Waals surface area contributed by atoms with Gasteiger partial charge in [0.2, 0.25) is 0 Å². The molecule has 2 aliphatic heterocycles. The molecule has 0 aliphatic carbocycles. The molecule has 2 aliphatic rings. The second-order valence-electron chi connectivity index (χ2n) is 5.25. The van der Waals surface area contributed by atoms with Crippen LogP contribution in [-0.2, 0) is 10.2 Å². The van der Waals surface area contributed by atoms with E-state index in [2.05, 4.69) is 17.0 Å². The van der Waals surface area contributed by atoms with E-state index in [-0.39, 0.29) is 18.4 Å². The zero-order chi connectivity index (χ0) is 12.3. The molecule has 18 heavy (non-hydrogen) atoms. The third-order valence-corrected chi connectivity index (χ3v) is 5.37. The van der Waals surface area contributed by atoms with Crippen molar-refractivity contribution < 1.29 is 8.42 Å². The number of halogens is 1. The third-order valence-electron chi connectivity index (χ3n) is 3.69. The van der Waals surface area contributed by atoms with Gasteiger partial charge in [-0.15, -0.1) is 12.4 Å². The SMILES string of the molecule is CC1CCN(S(=O)(=O)NC2CCCNC2)CC1.Cl. The number of hydrogen-bond acceptors (Lipinski definition) is 3. The molecule has 2 fully saturated rings. The van der Waals surface area contributed by atoms with Crippen LogP contribution in [0.15, 0.2) is 0 Å². The topological polar surface area (TPSA) is 61.4 Å². The molecule has 108 valence electrons. The maximum absolute atomic E-state index is 12.1. The predicted octanol–water partition coefficient (Wildman–Crippen LogP) is 0.726. The Morgan fingerprint density at radius 2 is 1.89 bits per heavy atom. The van der Waals surface area contributed by atoms with Gasteiger partial charge in [0.05, 0.1) is 0 Å². The number of rotatable bonds is 3. The molecule has 5 nitrogen and oxygen atoms in total. The zero-order valence-corrected chi connectivity index (χ0v) is 12.5. The Labute approximate surface area is 116 Å². The highest BCUT2D eigenvalue weighted by molar-refractivity contribution is 7.87. The lowest BCUT2D eigenvalue weighted by atomic mass is 10.0. The Morgan fingerprint density at radius 3 is 2.44 bits per heavy atom. The van der Waals surface area contributed by atoms with Crippen molar-refractivity contribution in [3.8, 4) is 0 Å². The van der Waals surface area contributed by atoms with Crippen molar-refractivity contribution in [1.82, 2.24) is 14.3 Å². The van der Waals surface area contributed by atoms with Crippen LogP contribution in [0, 0.1) is 5.92 Å². The molecule has 0 aromatic carbocycles. The summed E-state index contributed by atoms with van der Waals surface area (Å²) in [6, 6.07) is 0.0631. The van der Waals surface area contributed by atoms with Crippen molar-refractivity contribution >= 4 is 22.6 Å². The van der Waals surface area contributed by atoms with Crippen LogP contribution in [0.3, 0.4) is 0 Å². The minimum Gasteiger partial charge on any atom is -0.315 e. The van der Waals surface area contributed by atoms with Gasteiger partial charge in [0, 0.05) is 25.7 Å². The van der Waals surface area contributed by atoms with E-state index >= 15 is 0 Å². The van der Waals surface area contributed by atoms with Gasteiger partial charge in [-0.25, -0.2) is 0 Å². The fraction of sp³-hybridized carbons (Fsp3) is 1.00. The summed E-state index contributed by atoms with van der Waals surface area (Å²) < 4.78 is 28.7. The van der Waals surface area contributed by atoms with E-state index < -0.39 is 10.2 Å². The average molecular weight is 298 g/mol. The maximum Gasteiger partial charge on any atom is 0.279 e. The molecule has 0 amide bonds. The van der Waals surface area contributed by atoms with Crippen molar-refractivity contribution in [1.29, 1.82) is 0 Å². The van der Waals surface area contributed by atoms with Gasteiger partial charge in [-0.05, 0) is 38.1 Å². The first-order chi connectivity index (χ1) is 8.08. The number of nitrogens with zero attached hydrogens (tertiary/aromatic N) is 1. The predicted molar refractivity (Wildman–Crippen MR) is 75.2 cm³/mol. The smallest absolute Gasteiger partial charge is 0.279 e. The molecular formula is C11H24ClN3O2S. The first-order valence-corrected chi connectivity index (χ1v) is 8.00. The first kappa shape index (κ1) is 16.2. The van der Waals surface area contributed by atoms with Crippen LogP contribution >= 0.6 is 12.4 Å². The minimum atomic E-state index is -3.26. The summed E-state index contributed by atoms with van der Waals surface area (Å²) in [5.74, 6) is 0.651. The summed E-state index contributed by atoms with van der Waals surface area (Å²) in [5.41, 5.74) is 0. The van der Waals surface area contributed by atoms with E-state index in [1.165, 1.54) is 0 Å². The van der Waals surface area contributed by atoms with Crippen LogP contribution in [0.2, 0.25) is 0 Å². The molecule has 2 saturated heterocycles. The highest BCUT2D eigenvalue weighted by atomic mass is 35.5. The molecule has 0 aromatic rings. The molecule has 0 radical (unpaired) electrons. The highest BCUT2D eigenvalue weighted by Crippen LogP contribution is 2.18. The van der Waals surface area contributed by atoms with Crippen LogP contribution in [-0.4, -0.2) is 44.9 Å². The monoisotopic (exact) mass is 297 g/mol. The lowest BCUT2D eigenvalue weighted by Crippen LogP contribution is -2.52. The molecule has 0 aromatic heterocycles. The Hall–Kier alpha value is 0.120. The highest BCUT2D eigenvalue weighted by Gasteiger charge is 2.28. The average Bonchev–Trinajstić information content (AvgIpc) is 2.30. The van der Waals surface area contributed by atoms with Crippen LogP contribution < -0.4 is 10.0 Å². The van der Waals surface area contributed by atoms with Gasteiger partial charge in [0.1, 0.15) is 0 Å². The van der Waals surface area contributed by atoms with Crippen LogP contribution in [0.5, 0.6) is 0 Å². The molecule has 2 heterocycles. The molecular weight excluding hydrogens is 274 g/mol. The second-order valence-corrected chi connectivity index (χ2v) is 6.95. The van der Waals surface area contributed by atoms with E-state index in [4.69, 9.17) is 0 Å². The quantitative estimate of drug-likeness (QED) is 0.807. The summed E-state index contributed by atoms with van der Waals surface area (Å²) >= 11 is 0. The normalized spacial score (nSPS) is 27.7. The maximum atomic E-state index is 12.1. The standard InChI is InChI=1S/C11H23N3O2S.ClH/c1-10-4-7-14(8-5-10)17(15,16)13-11-3-2-6-12-9-11;/h10-13H,2-9H2,1H3;1H. The van der Waals surface area contributed by atoms with E-state index in [9.17, 15) is 8.42 Å². The number of nitrogens with one attached hydrogen (secondary N) is 2. The summed E-state index contributed by atoms with van der Waals surface area (Å²) in [6.07, 6.45) is 3.94. The van der Waals surface area contributed by atoms with Gasteiger partial charge in [-0.2, -0.15) is 17.4 Å². The largest absolute Gasteiger partial charge is 0.315 e. The molecule has 7 heteroatoms. The molecule has 2 rings (SSSR count). The number of hydrogen-bond donors (Lipinski definition) is 2. The Bertz CT molecular complexity index is 336. The number of piperidine rings is 2. The zero-order valence-electron chi connectivity index (χ0n) is 10.9. The van der Waals surface area contributed by atoms with E-state index in [0.29, 0.717) is 19.0 Å². The third kappa shape index (κ3) is 4.35. The first-order valence-electron chi connectivity index (χ1n) is 6.56. The lowest BCUT2D eigenvalue weighted by Gasteiger charge is -2.32. The van der Waals surface area contributed by atoms with Crippen molar-refractivity contribution in [2.75, 3.05) is 26.2 Å². The van der Waals surface area contributed by atoms with Crippen molar-refractivity contribution in [3.63, 3.8) is 0 Å². The van der Waals surface area contributed by atoms with Gasteiger partial charge in [-0.3, -0.25) is 0 Å². The second kappa shape index (κ2) is 7.05. The van der Waals surface area contributed by atoms with E-state index in [1.54, 1.807) is 4.31 Å². The summed E-state index contributed by atoms with van der Waals surface area (Å²) in [7, 11) is -3.26. The van der Waals surface area contributed by atoms with Gasteiger partial charge in [0.25, 0.3) is 10.2 Å². The molecule has 1 atom stereocenters. The summed E-state index contributed by atoms with van der Waals surface area (Å²) in [6.45, 7) is 5.26. The van der Waals surface area contributed by atoms with Crippen molar-refractivity contribution in [2.45, 2.75) is 38.6 Å². The lowest BCUT2D eigenvalue weighted by molar-refractivity contribution is 0.281. The van der Waals surface area contributed by atoms with Crippen LogP contribution in [0.25, 0.3) is 0 Å². The minimum absolute atomic E-state index is 0. The van der Waals surface area contributed by atoms with E-state index in [1.807, 2.05) is 0 Å². The molecule has 0 bridgehead atoms. The summed E-state index contributed by atoms with van der Waals surface area (Å²) in [5, 5.41) is 3.22. The molecule has 1 unspecified atom stereocenters. The Morgan fingerprint density at radius 1 is 1.22 bits per heavy atom. The van der Waals surface area contributed by atoms with Crippen molar-refractivity contribution in [3.05, 3.63) is 0 Å². The fourth-order valence-corrected chi connectivity index (χ4v) is 3.93. The Kier molecular flexibility index (Phi) is 6.34. The molecule has 0 saturated carbocycles. The van der Waals surface area contributed by atoms with Crippen LogP contribution in [0.4, 0.5) is 0 Å². The Balaban J connectivity index is 0.00000162. The van der Waals surface area contributed by atoms with Gasteiger partial charge >= 0.3 is 0 Å². The van der Waals surface area contributed by atoms with Gasteiger partial charge < -0.3 is 5.32 Å².